The molecule has 0 spiro atoms. The summed E-state index contributed by atoms with van der Waals surface area (Å²) in [6, 6.07) is 5.33. The third-order valence-corrected chi connectivity index (χ3v) is 2.96. The van der Waals surface area contributed by atoms with E-state index in [2.05, 4.69) is 5.43 Å². The van der Waals surface area contributed by atoms with Crippen LogP contribution in [0.2, 0.25) is 0 Å². The number of ether oxygens (including phenoxy) is 3. The highest BCUT2D eigenvalue weighted by Crippen LogP contribution is 2.33. The Kier molecular flexibility index (Phi) is 5.51. The van der Waals surface area contributed by atoms with Crippen LogP contribution in [0.5, 0.6) is 11.5 Å². The van der Waals surface area contributed by atoms with Gasteiger partial charge >= 0.3 is 0 Å². The molecular weight excluding hydrogens is 270 g/mol. The van der Waals surface area contributed by atoms with Gasteiger partial charge in [0, 0.05) is 12.6 Å². The van der Waals surface area contributed by atoms with E-state index in [0.29, 0.717) is 31.1 Å². The van der Waals surface area contributed by atoms with Crippen LogP contribution in [-0.2, 0) is 4.74 Å². The Bertz CT molecular complexity index is 432. The molecule has 0 radical (unpaired) electrons. The van der Waals surface area contributed by atoms with Gasteiger partial charge in [-0.05, 0) is 24.1 Å². The highest BCUT2D eigenvalue weighted by Gasteiger charge is 2.16. The topological polar surface area (TPSA) is 65.7 Å². The van der Waals surface area contributed by atoms with Gasteiger partial charge in [0.15, 0.2) is 11.5 Å². The molecule has 0 bridgehead atoms. The molecule has 1 unspecified atom stereocenters. The Morgan fingerprint density at radius 1 is 1.25 bits per heavy atom. The Balaban J connectivity index is 1.93. The fraction of sp³-hybridized carbons (Fsp3) is 0.538. The van der Waals surface area contributed by atoms with Crippen molar-refractivity contribution in [2.45, 2.75) is 18.9 Å². The summed E-state index contributed by atoms with van der Waals surface area (Å²) in [6.07, 6.45) is -1.96. The monoisotopic (exact) mass is 288 g/mol. The molecule has 7 heteroatoms. The SMILES string of the molecule is NNC(CCOCC(F)F)c1ccc2c(c1)OCCO2. The van der Waals surface area contributed by atoms with Gasteiger partial charge in [0.2, 0.25) is 0 Å². The molecule has 0 aromatic heterocycles. The molecule has 0 fully saturated rings. The second-order valence-corrected chi connectivity index (χ2v) is 4.38. The van der Waals surface area contributed by atoms with Gasteiger partial charge in [-0.15, -0.1) is 0 Å². The maximum absolute atomic E-state index is 12.0. The van der Waals surface area contributed by atoms with E-state index in [1.54, 1.807) is 0 Å². The summed E-state index contributed by atoms with van der Waals surface area (Å²) < 4.78 is 39.7. The maximum atomic E-state index is 12.0. The second kappa shape index (κ2) is 7.37. The third kappa shape index (κ3) is 4.03. The number of hydrogen-bond donors (Lipinski definition) is 2. The number of rotatable bonds is 7. The molecule has 0 saturated carbocycles. The molecule has 1 aliphatic heterocycles. The predicted molar refractivity (Wildman–Crippen MR) is 68.9 cm³/mol. The number of benzene rings is 1. The average Bonchev–Trinajstić information content (AvgIpc) is 2.46. The van der Waals surface area contributed by atoms with Crippen molar-refractivity contribution in [1.29, 1.82) is 0 Å². The molecular formula is C13H18F2N2O3. The lowest BCUT2D eigenvalue weighted by Gasteiger charge is -2.22. The van der Waals surface area contributed by atoms with Gasteiger partial charge in [-0.25, -0.2) is 8.78 Å². The number of hydrazine groups is 1. The van der Waals surface area contributed by atoms with Gasteiger partial charge < -0.3 is 14.2 Å². The number of hydrogen-bond acceptors (Lipinski definition) is 5. The van der Waals surface area contributed by atoms with Crippen molar-refractivity contribution < 1.29 is 23.0 Å². The van der Waals surface area contributed by atoms with E-state index in [4.69, 9.17) is 20.1 Å². The smallest absolute Gasteiger partial charge is 0.261 e. The highest BCUT2D eigenvalue weighted by molar-refractivity contribution is 5.44. The van der Waals surface area contributed by atoms with Crippen molar-refractivity contribution >= 4 is 0 Å². The van der Waals surface area contributed by atoms with Crippen molar-refractivity contribution in [2.75, 3.05) is 26.4 Å². The normalized spacial score (nSPS) is 15.4. The van der Waals surface area contributed by atoms with Gasteiger partial charge in [0.25, 0.3) is 6.43 Å². The third-order valence-electron chi connectivity index (χ3n) is 2.96. The van der Waals surface area contributed by atoms with Gasteiger partial charge in [0.05, 0.1) is 0 Å². The van der Waals surface area contributed by atoms with Gasteiger partial charge in [-0.1, -0.05) is 6.07 Å². The molecule has 20 heavy (non-hydrogen) atoms. The zero-order valence-corrected chi connectivity index (χ0v) is 11.0. The average molecular weight is 288 g/mol. The zero-order chi connectivity index (χ0) is 14.4. The molecule has 1 heterocycles. The molecule has 0 aliphatic carbocycles. The summed E-state index contributed by atoms with van der Waals surface area (Å²) in [4.78, 5) is 0. The summed E-state index contributed by atoms with van der Waals surface area (Å²) in [5, 5.41) is 0. The number of nitrogens with one attached hydrogen (secondary N) is 1. The molecule has 1 aromatic rings. The minimum atomic E-state index is -2.45. The molecule has 3 N–H and O–H groups in total. The van der Waals surface area contributed by atoms with Gasteiger partial charge in [0.1, 0.15) is 19.8 Å². The molecule has 5 nitrogen and oxygen atoms in total. The van der Waals surface area contributed by atoms with E-state index in [0.717, 1.165) is 5.56 Å². The number of alkyl halides is 2. The van der Waals surface area contributed by atoms with E-state index in [1.165, 1.54) is 0 Å². The molecule has 2 rings (SSSR count). The van der Waals surface area contributed by atoms with Gasteiger partial charge in [-0.2, -0.15) is 0 Å². The van der Waals surface area contributed by atoms with Crippen LogP contribution in [0.4, 0.5) is 8.78 Å². The maximum Gasteiger partial charge on any atom is 0.261 e. The Morgan fingerprint density at radius 2 is 2.00 bits per heavy atom. The van der Waals surface area contributed by atoms with Gasteiger partial charge in [-0.3, -0.25) is 11.3 Å². The first-order valence-electron chi connectivity index (χ1n) is 6.42. The highest BCUT2D eigenvalue weighted by atomic mass is 19.3. The van der Waals surface area contributed by atoms with Crippen LogP contribution in [-0.4, -0.2) is 32.9 Å². The number of nitrogens with two attached hydrogens (primary N) is 1. The molecule has 112 valence electrons. The van der Waals surface area contributed by atoms with Crippen molar-refractivity contribution in [1.82, 2.24) is 5.43 Å². The van der Waals surface area contributed by atoms with Crippen LogP contribution in [0.25, 0.3) is 0 Å². The minimum Gasteiger partial charge on any atom is -0.486 e. The molecule has 1 aromatic carbocycles. The van der Waals surface area contributed by atoms with Crippen LogP contribution >= 0.6 is 0 Å². The molecule has 1 aliphatic rings. The lowest BCUT2D eigenvalue weighted by atomic mass is 10.0. The standard InChI is InChI=1S/C13H18F2N2O3/c14-13(15)8-18-4-3-10(17-16)9-1-2-11-12(7-9)20-6-5-19-11/h1-2,7,10,13,17H,3-6,8,16H2. The largest absolute Gasteiger partial charge is 0.486 e. The number of fused-ring (bicyclic) bond motifs is 1. The lowest BCUT2D eigenvalue weighted by molar-refractivity contribution is 0.0143. The zero-order valence-electron chi connectivity index (χ0n) is 11.0. The summed E-state index contributed by atoms with van der Waals surface area (Å²) in [7, 11) is 0. The summed E-state index contributed by atoms with van der Waals surface area (Å²) >= 11 is 0. The summed E-state index contributed by atoms with van der Waals surface area (Å²) in [6.45, 7) is 0.688. The predicted octanol–water partition coefficient (Wildman–Crippen LogP) is 1.63. The van der Waals surface area contributed by atoms with E-state index in [-0.39, 0.29) is 12.6 Å². The van der Waals surface area contributed by atoms with E-state index in [9.17, 15) is 8.78 Å². The number of halogens is 2. The van der Waals surface area contributed by atoms with Crippen molar-refractivity contribution in [3.63, 3.8) is 0 Å². The molecule has 0 amide bonds. The van der Waals surface area contributed by atoms with Crippen LogP contribution in [0.15, 0.2) is 18.2 Å². The summed E-state index contributed by atoms with van der Waals surface area (Å²) in [5.74, 6) is 6.86. The van der Waals surface area contributed by atoms with Crippen LogP contribution in [0.1, 0.15) is 18.0 Å². The van der Waals surface area contributed by atoms with Crippen molar-refractivity contribution in [3.05, 3.63) is 23.8 Å². The van der Waals surface area contributed by atoms with Crippen LogP contribution < -0.4 is 20.7 Å². The van der Waals surface area contributed by atoms with Crippen LogP contribution in [0, 0.1) is 0 Å². The molecule has 1 atom stereocenters. The second-order valence-electron chi connectivity index (χ2n) is 4.38. The minimum absolute atomic E-state index is 0.191. The fourth-order valence-electron chi connectivity index (χ4n) is 2.00. The first-order valence-corrected chi connectivity index (χ1v) is 6.42. The fourth-order valence-corrected chi connectivity index (χ4v) is 2.00. The summed E-state index contributed by atoms with van der Waals surface area (Å²) in [5.41, 5.74) is 3.55. The molecule has 0 saturated heterocycles. The van der Waals surface area contributed by atoms with Crippen molar-refractivity contribution in [3.8, 4) is 11.5 Å². The van der Waals surface area contributed by atoms with Crippen molar-refractivity contribution in [2.24, 2.45) is 5.84 Å². The van der Waals surface area contributed by atoms with E-state index >= 15 is 0 Å². The first-order chi connectivity index (χ1) is 9.70. The Labute approximate surface area is 116 Å². The lowest BCUT2D eigenvalue weighted by Crippen LogP contribution is -2.29. The first kappa shape index (κ1) is 15.0. The van der Waals surface area contributed by atoms with E-state index < -0.39 is 13.0 Å². The quantitative estimate of drug-likeness (QED) is 0.453. The Morgan fingerprint density at radius 3 is 2.70 bits per heavy atom. The van der Waals surface area contributed by atoms with Crippen LogP contribution in [0.3, 0.4) is 0 Å². The van der Waals surface area contributed by atoms with E-state index in [1.807, 2.05) is 18.2 Å². The Hall–Kier alpha value is -1.44.